The van der Waals surface area contributed by atoms with E-state index in [-0.39, 0.29) is 5.41 Å². The summed E-state index contributed by atoms with van der Waals surface area (Å²) in [6.45, 7) is 4.85. The topological polar surface area (TPSA) is 23.5 Å². The summed E-state index contributed by atoms with van der Waals surface area (Å²) in [4.78, 5) is 2.53. The van der Waals surface area contributed by atoms with Gasteiger partial charge < -0.3 is 10.0 Å². The Morgan fingerprint density at radius 2 is 2.00 bits per heavy atom. The minimum absolute atomic E-state index is 0.157. The average molecular weight is 259 g/mol. The van der Waals surface area contributed by atoms with Gasteiger partial charge in [0.2, 0.25) is 0 Å². The number of anilines is 1. The molecule has 104 valence electrons. The number of benzene rings is 1. The highest BCUT2D eigenvalue weighted by molar-refractivity contribution is 5.56. The van der Waals surface area contributed by atoms with E-state index in [0.29, 0.717) is 12.5 Å². The maximum atomic E-state index is 9.83. The van der Waals surface area contributed by atoms with Gasteiger partial charge in [0.1, 0.15) is 0 Å². The summed E-state index contributed by atoms with van der Waals surface area (Å²) in [6.07, 6.45) is 6.14. The van der Waals surface area contributed by atoms with Crippen LogP contribution in [0.1, 0.15) is 38.2 Å². The van der Waals surface area contributed by atoms with Gasteiger partial charge in [-0.25, -0.2) is 0 Å². The number of aliphatic hydroxyl groups is 1. The van der Waals surface area contributed by atoms with E-state index in [2.05, 4.69) is 36.1 Å². The minimum atomic E-state index is 0.157. The second kappa shape index (κ2) is 5.16. The van der Waals surface area contributed by atoms with Crippen molar-refractivity contribution in [3.05, 3.63) is 29.8 Å². The second-order valence-electron chi connectivity index (χ2n) is 6.68. The fourth-order valence-corrected chi connectivity index (χ4v) is 3.95. The summed E-state index contributed by atoms with van der Waals surface area (Å²) in [7, 11) is 0. The van der Waals surface area contributed by atoms with E-state index < -0.39 is 0 Å². The van der Waals surface area contributed by atoms with Crippen molar-refractivity contribution >= 4 is 5.69 Å². The van der Waals surface area contributed by atoms with Gasteiger partial charge in [0.15, 0.2) is 0 Å². The van der Waals surface area contributed by atoms with Crippen LogP contribution in [0.2, 0.25) is 0 Å². The van der Waals surface area contributed by atoms with Gasteiger partial charge in [0, 0.05) is 24.2 Å². The first-order chi connectivity index (χ1) is 9.22. The zero-order valence-corrected chi connectivity index (χ0v) is 11.9. The number of aliphatic hydroxyl groups excluding tert-OH is 1. The van der Waals surface area contributed by atoms with Gasteiger partial charge >= 0.3 is 0 Å². The van der Waals surface area contributed by atoms with E-state index >= 15 is 0 Å². The van der Waals surface area contributed by atoms with Gasteiger partial charge in [0.25, 0.3) is 0 Å². The lowest BCUT2D eigenvalue weighted by atomic mass is 9.84. The molecule has 1 aliphatic carbocycles. The fourth-order valence-electron chi connectivity index (χ4n) is 3.95. The maximum Gasteiger partial charge on any atom is 0.0504 e. The van der Waals surface area contributed by atoms with Crippen molar-refractivity contribution < 1.29 is 5.11 Å². The lowest BCUT2D eigenvalue weighted by Gasteiger charge is -2.40. The third kappa shape index (κ3) is 2.51. The SMILES string of the molecule is CC1Cc2ccccc2N(CC2(CO)CCCC2)C1. The monoisotopic (exact) mass is 259 g/mol. The summed E-state index contributed by atoms with van der Waals surface area (Å²) in [5.41, 5.74) is 3.04. The van der Waals surface area contributed by atoms with Crippen molar-refractivity contribution in [1.29, 1.82) is 0 Å². The molecule has 1 aromatic rings. The van der Waals surface area contributed by atoms with Crippen LogP contribution >= 0.6 is 0 Å². The summed E-state index contributed by atoms with van der Waals surface area (Å²) in [5, 5.41) is 9.83. The average Bonchev–Trinajstić information content (AvgIpc) is 2.88. The molecule has 1 atom stereocenters. The number of rotatable bonds is 3. The fraction of sp³-hybridized carbons (Fsp3) is 0.647. The molecule has 0 spiro atoms. The molecule has 2 nitrogen and oxygen atoms in total. The molecule has 0 bridgehead atoms. The molecular weight excluding hydrogens is 234 g/mol. The van der Waals surface area contributed by atoms with Crippen molar-refractivity contribution in [2.45, 2.75) is 39.0 Å². The van der Waals surface area contributed by atoms with Gasteiger partial charge in [-0.2, -0.15) is 0 Å². The quantitative estimate of drug-likeness (QED) is 0.901. The van der Waals surface area contributed by atoms with E-state index in [9.17, 15) is 5.11 Å². The van der Waals surface area contributed by atoms with E-state index in [0.717, 1.165) is 13.1 Å². The van der Waals surface area contributed by atoms with Crippen LogP contribution in [0, 0.1) is 11.3 Å². The second-order valence-corrected chi connectivity index (χ2v) is 6.68. The van der Waals surface area contributed by atoms with Gasteiger partial charge in [0.05, 0.1) is 6.61 Å². The van der Waals surface area contributed by atoms with Crippen LogP contribution in [0.5, 0.6) is 0 Å². The number of hydrogen-bond acceptors (Lipinski definition) is 2. The molecule has 19 heavy (non-hydrogen) atoms. The normalized spacial score (nSPS) is 25.4. The highest BCUT2D eigenvalue weighted by Crippen LogP contribution is 2.41. The van der Waals surface area contributed by atoms with Gasteiger partial charge in [-0.05, 0) is 36.8 Å². The third-order valence-corrected chi connectivity index (χ3v) is 4.96. The van der Waals surface area contributed by atoms with Crippen LogP contribution in [-0.4, -0.2) is 24.8 Å². The number of fused-ring (bicyclic) bond motifs is 1. The van der Waals surface area contributed by atoms with E-state index in [1.54, 1.807) is 0 Å². The molecule has 0 aromatic heterocycles. The first kappa shape index (κ1) is 13.0. The molecule has 0 radical (unpaired) electrons. The van der Waals surface area contributed by atoms with Crippen LogP contribution in [0.25, 0.3) is 0 Å². The zero-order chi connectivity index (χ0) is 13.3. The molecule has 0 amide bonds. The third-order valence-electron chi connectivity index (χ3n) is 4.96. The molecular formula is C17H25NO. The standard InChI is InChI=1S/C17H25NO/c1-14-10-15-6-2-3-7-16(15)18(11-14)12-17(13-19)8-4-5-9-17/h2-3,6-7,14,19H,4-5,8-13H2,1H3. The van der Waals surface area contributed by atoms with Crippen LogP contribution in [0.4, 0.5) is 5.69 Å². The molecule has 1 saturated carbocycles. The Hall–Kier alpha value is -1.02. The van der Waals surface area contributed by atoms with Crippen molar-refractivity contribution in [3.63, 3.8) is 0 Å². The lowest BCUT2D eigenvalue weighted by molar-refractivity contribution is 0.134. The van der Waals surface area contributed by atoms with Crippen molar-refractivity contribution in [1.82, 2.24) is 0 Å². The van der Waals surface area contributed by atoms with Crippen LogP contribution < -0.4 is 4.90 Å². The van der Waals surface area contributed by atoms with E-state index in [4.69, 9.17) is 0 Å². The molecule has 3 rings (SSSR count). The number of hydrogen-bond donors (Lipinski definition) is 1. The number of nitrogens with zero attached hydrogens (tertiary/aromatic N) is 1. The summed E-state index contributed by atoms with van der Waals surface area (Å²) in [6, 6.07) is 8.80. The Morgan fingerprint density at radius 3 is 2.74 bits per heavy atom. The maximum absolute atomic E-state index is 9.83. The van der Waals surface area contributed by atoms with Crippen LogP contribution in [-0.2, 0) is 6.42 Å². The highest BCUT2D eigenvalue weighted by atomic mass is 16.3. The van der Waals surface area contributed by atoms with Crippen molar-refractivity contribution in [2.75, 3.05) is 24.6 Å². The summed E-state index contributed by atoms with van der Waals surface area (Å²) < 4.78 is 0. The lowest BCUT2D eigenvalue weighted by Crippen LogP contribution is -2.43. The number of para-hydroxylation sites is 1. The molecule has 1 heterocycles. The molecule has 1 aliphatic heterocycles. The first-order valence-electron chi connectivity index (χ1n) is 7.66. The van der Waals surface area contributed by atoms with Gasteiger partial charge in [-0.3, -0.25) is 0 Å². The van der Waals surface area contributed by atoms with E-state index in [1.807, 2.05) is 0 Å². The Balaban J connectivity index is 1.84. The minimum Gasteiger partial charge on any atom is -0.396 e. The summed E-state index contributed by atoms with van der Waals surface area (Å²) in [5.74, 6) is 0.715. The molecule has 0 saturated heterocycles. The van der Waals surface area contributed by atoms with E-state index in [1.165, 1.54) is 43.4 Å². The molecule has 1 aromatic carbocycles. The molecule has 2 aliphatic rings. The Kier molecular flexibility index (Phi) is 3.53. The highest BCUT2D eigenvalue weighted by Gasteiger charge is 2.36. The van der Waals surface area contributed by atoms with Crippen molar-refractivity contribution in [3.8, 4) is 0 Å². The molecule has 1 fully saturated rings. The Morgan fingerprint density at radius 1 is 1.26 bits per heavy atom. The van der Waals surface area contributed by atoms with Crippen LogP contribution in [0.3, 0.4) is 0 Å². The van der Waals surface area contributed by atoms with Crippen molar-refractivity contribution in [2.24, 2.45) is 11.3 Å². The van der Waals surface area contributed by atoms with Gasteiger partial charge in [-0.1, -0.05) is 38.0 Å². The smallest absolute Gasteiger partial charge is 0.0504 e. The Bertz CT molecular complexity index is 437. The molecule has 1 unspecified atom stereocenters. The zero-order valence-electron chi connectivity index (χ0n) is 11.9. The largest absolute Gasteiger partial charge is 0.396 e. The summed E-state index contributed by atoms with van der Waals surface area (Å²) >= 11 is 0. The first-order valence-corrected chi connectivity index (χ1v) is 7.66. The molecule has 1 N–H and O–H groups in total. The van der Waals surface area contributed by atoms with Gasteiger partial charge in [-0.15, -0.1) is 0 Å². The predicted octanol–water partition coefficient (Wildman–Crippen LogP) is 3.24. The van der Waals surface area contributed by atoms with Crippen LogP contribution in [0.15, 0.2) is 24.3 Å². The Labute approximate surface area is 116 Å². The molecule has 2 heteroatoms. The predicted molar refractivity (Wildman–Crippen MR) is 79.5 cm³/mol.